The van der Waals surface area contributed by atoms with Crippen molar-refractivity contribution in [2.75, 3.05) is 19.8 Å². The van der Waals surface area contributed by atoms with Crippen molar-refractivity contribution in [2.24, 2.45) is 11.3 Å². The molecule has 1 N–H and O–H groups in total. The minimum atomic E-state index is 0.00958. The Bertz CT molecular complexity index is 231. The molecule has 0 aliphatic rings. The lowest BCUT2D eigenvalue weighted by molar-refractivity contribution is -0.126. The van der Waals surface area contributed by atoms with Crippen molar-refractivity contribution in [3.8, 4) is 0 Å². The predicted molar refractivity (Wildman–Crippen MR) is 81.2 cm³/mol. The molecular weight excluding hydrogens is 238 g/mol. The van der Waals surface area contributed by atoms with Crippen LogP contribution in [0.15, 0.2) is 0 Å². The maximum Gasteiger partial charge on any atom is 0.245 e. The summed E-state index contributed by atoms with van der Waals surface area (Å²) in [5.74, 6) is 0.492. The number of unbranched alkanes of at least 4 members (excludes halogenated alkanes) is 3. The van der Waals surface area contributed by atoms with Crippen LogP contribution in [0.1, 0.15) is 66.7 Å². The topological polar surface area (TPSA) is 38.3 Å². The van der Waals surface area contributed by atoms with Crippen molar-refractivity contribution in [1.29, 1.82) is 0 Å². The van der Waals surface area contributed by atoms with E-state index in [2.05, 4.69) is 39.9 Å². The number of ether oxygens (including phenoxy) is 1. The van der Waals surface area contributed by atoms with Crippen LogP contribution in [0.2, 0.25) is 0 Å². The van der Waals surface area contributed by atoms with Crippen molar-refractivity contribution in [1.82, 2.24) is 5.32 Å². The van der Waals surface area contributed by atoms with Crippen LogP contribution in [0.5, 0.6) is 0 Å². The van der Waals surface area contributed by atoms with Crippen LogP contribution in [-0.4, -0.2) is 25.7 Å². The molecular formula is C16H33NO2. The standard InChI is InChI=1S/C16H33NO2/c1-14(2)12-19-13-15(18)17-11-9-7-6-8-10-16(3,4)5/h14H,6-13H2,1-5H3,(H,17,18). The molecule has 0 radical (unpaired) electrons. The Labute approximate surface area is 119 Å². The first kappa shape index (κ1) is 18.4. The van der Waals surface area contributed by atoms with E-state index in [0.29, 0.717) is 17.9 Å². The van der Waals surface area contributed by atoms with Gasteiger partial charge in [0.15, 0.2) is 0 Å². The highest BCUT2D eigenvalue weighted by Gasteiger charge is 2.08. The van der Waals surface area contributed by atoms with Gasteiger partial charge in [-0.2, -0.15) is 0 Å². The number of hydrogen-bond donors (Lipinski definition) is 1. The van der Waals surface area contributed by atoms with Gasteiger partial charge in [-0.25, -0.2) is 0 Å². The van der Waals surface area contributed by atoms with Crippen LogP contribution in [0, 0.1) is 11.3 Å². The normalized spacial score (nSPS) is 11.9. The number of nitrogens with one attached hydrogen (secondary N) is 1. The smallest absolute Gasteiger partial charge is 0.245 e. The first-order valence-electron chi connectivity index (χ1n) is 7.66. The fraction of sp³-hybridized carbons (Fsp3) is 0.938. The molecule has 0 fully saturated rings. The average molecular weight is 271 g/mol. The Morgan fingerprint density at radius 3 is 2.32 bits per heavy atom. The van der Waals surface area contributed by atoms with Crippen molar-refractivity contribution in [3.05, 3.63) is 0 Å². The molecule has 0 saturated carbocycles. The summed E-state index contributed by atoms with van der Waals surface area (Å²) in [6, 6.07) is 0. The molecule has 0 aromatic rings. The van der Waals surface area contributed by atoms with Crippen LogP contribution in [-0.2, 0) is 9.53 Å². The molecule has 3 nitrogen and oxygen atoms in total. The van der Waals surface area contributed by atoms with Crippen molar-refractivity contribution in [2.45, 2.75) is 66.7 Å². The van der Waals surface area contributed by atoms with Crippen LogP contribution in [0.4, 0.5) is 0 Å². The second-order valence-electron chi connectivity index (χ2n) is 6.98. The van der Waals surface area contributed by atoms with Gasteiger partial charge in [-0.1, -0.05) is 53.9 Å². The molecule has 3 heteroatoms. The molecule has 0 spiro atoms. The second kappa shape index (κ2) is 10.2. The van der Waals surface area contributed by atoms with E-state index in [1.165, 1.54) is 25.7 Å². The Morgan fingerprint density at radius 1 is 1.11 bits per heavy atom. The Balaban J connectivity index is 3.28. The van der Waals surface area contributed by atoms with E-state index in [0.717, 1.165) is 13.0 Å². The van der Waals surface area contributed by atoms with E-state index < -0.39 is 0 Å². The molecule has 0 bridgehead atoms. The number of amides is 1. The van der Waals surface area contributed by atoms with Gasteiger partial charge in [0.05, 0.1) is 0 Å². The SMILES string of the molecule is CC(C)COCC(=O)NCCCCCCC(C)(C)C. The lowest BCUT2D eigenvalue weighted by atomic mass is 9.89. The van der Waals surface area contributed by atoms with Crippen LogP contribution in [0.25, 0.3) is 0 Å². The van der Waals surface area contributed by atoms with Gasteiger partial charge in [-0.15, -0.1) is 0 Å². The van der Waals surface area contributed by atoms with E-state index in [-0.39, 0.29) is 12.5 Å². The highest BCUT2D eigenvalue weighted by molar-refractivity contribution is 5.77. The van der Waals surface area contributed by atoms with Gasteiger partial charge in [0.25, 0.3) is 0 Å². The maximum absolute atomic E-state index is 11.4. The Morgan fingerprint density at radius 2 is 1.74 bits per heavy atom. The van der Waals surface area contributed by atoms with Gasteiger partial charge in [0.2, 0.25) is 5.91 Å². The molecule has 0 unspecified atom stereocenters. The summed E-state index contributed by atoms with van der Waals surface area (Å²) >= 11 is 0. The fourth-order valence-corrected chi connectivity index (χ4v) is 1.80. The van der Waals surface area contributed by atoms with Gasteiger partial charge in [0, 0.05) is 13.2 Å². The van der Waals surface area contributed by atoms with E-state index in [1.807, 2.05) is 0 Å². The monoisotopic (exact) mass is 271 g/mol. The lowest BCUT2D eigenvalue weighted by Gasteiger charge is -2.17. The summed E-state index contributed by atoms with van der Waals surface area (Å²) < 4.78 is 5.28. The minimum Gasteiger partial charge on any atom is -0.371 e. The third kappa shape index (κ3) is 15.4. The van der Waals surface area contributed by atoms with Gasteiger partial charge >= 0.3 is 0 Å². The van der Waals surface area contributed by atoms with Crippen molar-refractivity contribution < 1.29 is 9.53 Å². The highest BCUT2D eigenvalue weighted by Crippen LogP contribution is 2.22. The van der Waals surface area contributed by atoms with Crippen LogP contribution < -0.4 is 5.32 Å². The number of rotatable bonds is 10. The van der Waals surface area contributed by atoms with Crippen LogP contribution in [0.3, 0.4) is 0 Å². The number of carbonyl (C=O) groups is 1. The highest BCUT2D eigenvalue weighted by atomic mass is 16.5. The summed E-state index contributed by atoms with van der Waals surface area (Å²) in [6.45, 7) is 12.6. The van der Waals surface area contributed by atoms with Gasteiger partial charge < -0.3 is 10.1 Å². The quantitative estimate of drug-likeness (QED) is 0.614. The van der Waals surface area contributed by atoms with E-state index in [4.69, 9.17) is 4.74 Å². The third-order valence-corrected chi connectivity index (χ3v) is 2.86. The third-order valence-electron chi connectivity index (χ3n) is 2.86. The first-order valence-corrected chi connectivity index (χ1v) is 7.66. The fourth-order valence-electron chi connectivity index (χ4n) is 1.80. The van der Waals surface area contributed by atoms with Crippen molar-refractivity contribution >= 4 is 5.91 Å². The largest absolute Gasteiger partial charge is 0.371 e. The molecule has 19 heavy (non-hydrogen) atoms. The molecule has 0 atom stereocenters. The zero-order valence-electron chi connectivity index (χ0n) is 13.6. The number of hydrogen-bond acceptors (Lipinski definition) is 2. The van der Waals surface area contributed by atoms with Gasteiger partial charge in [-0.05, 0) is 24.2 Å². The number of carbonyl (C=O) groups excluding carboxylic acids is 1. The molecule has 0 aromatic heterocycles. The van der Waals surface area contributed by atoms with E-state index in [1.54, 1.807) is 0 Å². The summed E-state index contributed by atoms with van der Waals surface area (Å²) in [5, 5.41) is 2.90. The van der Waals surface area contributed by atoms with Crippen LogP contribution >= 0.6 is 0 Å². The second-order valence-corrected chi connectivity index (χ2v) is 6.98. The van der Waals surface area contributed by atoms with Crippen molar-refractivity contribution in [3.63, 3.8) is 0 Å². The van der Waals surface area contributed by atoms with E-state index in [9.17, 15) is 4.79 Å². The summed E-state index contributed by atoms with van der Waals surface area (Å²) in [5.41, 5.74) is 0.446. The molecule has 1 amide bonds. The molecule has 0 saturated heterocycles. The summed E-state index contributed by atoms with van der Waals surface area (Å²) in [7, 11) is 0. The molecule has 0 aliphatic heterocycles. The zero-order chi connectivity index (χ0) is 14.7. The Kier molecular flexibility index (Phi) is 9.94. The molecule has 0 aliphatic carbocycles. The molecule has 0 heterocycles. The first-order chi connectivity index (χ1) is 8.81. The lowest BCUT2D eigenvalue weighted by Crippen LogP contribution is -2.29. The average Bonchev–Trinajstić information content (AvgIpc) is 2.25. The summed E-state index contributed by atoms with van der Waals surface area (Å²) in [6.07, 6.45) is 6.09. The van der Waals surface area contributed by atoms with E-state index >= 15 is 0 Å². The maximum atomic E-state index is 11.4. The van der Waals surface area contributed by atoms with Gasteiger partial charge in [-0.3, -0.25) is 4.79 Å². The molecule has 114 valence electrons. The van der Waals surface area contributed by atoms with Gasteiger partial charge in [0.1, 0.15) is 6.61 Å². The Hall–Kier alpha value is -0.570. The molecule has 0 rings (SSSR count). The minimum absolute atomic E-state index is 0.00958. The summed E-state index contributed by atoms with van der Waals surface area (Å²) in [4.78, 5) is 11.4. The zero-order valence-corrected chi connectivity index (χ0v) is 13.6. The molecule has 0 aromatic carbocycles. The predicted octanol–water partition coefficient (Wildman–Crippen LogP) is 3.77.